The maximum absolute atomic E-state index is 13.0. The second-order valence-electron chi connectivity index (χ2n) is 7.41. The van der Waals surface area contributed by atoms with Crippen LogP contribution in [0.5, 0.6) is 0 Å². The second-order valence-corrected chi connectivity index (χ2v) is 7.81. The minimum absolute atomic E-state index is 0.0685. The number of benzene rings is 3. The molecule has 0 unspecified atom stereocenters. The molecule has 4 nitrogen and oxygen atoms in total. The standard InChI is InChI=1S/C26H21ClF3N3O/c1-2-33(17-19-6-4-3-5-7-19)22-11-8-18(9-12-22)14-20(16-31)25(34)32-24-15-21(26(28,29)30)10-13-23(24)27/h3-15H,2,17H2,1H3,(H,32,34)/b20-14+. The van der Waals surface area contributed by atoms with E-state index in [1.165, 1.54) is 11.6 Å². The molecular formula is C26H21ClF3N3O. The van der Waals surface area contributed by atoms with Gasteiger partial charge in [0.2, 0.25) is 0 Å². The lowest BCUT2D eigenvalue weighted by molar-refractivity contribution is -0.137. The van der Waals surface area contributed by atoms with Crippen molar-refractivity contribution >= 4 is 35.0 Å². The number of hydrogen-bond donors (Lipinski definition) is 1. The zero-order valence-electron chi connectivity index (χ0n) is 18.2. The fourth-order valence-electron chi connectivity index (χ4n) is 3.27. The first-order chi connectivity index (χ1) is 16.2. The van der Waals surface area contributed by atoms with Gasteiger partial charge in [-0.3, -0.25) is 4.79 Å². The molecule has 0 heterocycles. The van der Waals surface area contributed by atoms with Crippen molar-refractivity contribution in [3.8, 4) is 6.07 Å². The van der Waals surface area contributed by atoms with E-state index >= 15 is 0 Å². The fourth-order valence-corrected chi connectivity index (χ4v) is 3.44. The van der Waals surface area contributed by atoms with Crippen molar-refractivity contribution in [2.45, 2.75) is 19.6 Å². The number of amides is 1. The van der Waals surface area contributed by atoms with Crippen LogP contribution in [0.25, 0.3) is 6.08 Å². The minimum atomic E-state index is -4.59. The Balaban J connectivity index is 1.76. The number of anilines is 2. The summed E-state index contributed by atoms with van der Waals surface area (Å²) in [5.74, 6) is -0.855. The first-order valence-corrected chi connectivity index (χ1v) is 10.8. The van der Waals surface area contributed by atoms with Gasteiger partial charge < -0.3 is 10.2 Å². The Labute approximate surface area is 200 Å². The van der Waals surface area contributed by atoms with E-state index in [0.717, 1.165) is 37.0 Å². The van der Waals surface area contributed by atoms with Crippen molar-refractivity contribution < 1.29 is 18.0 Å². The normalized spacial score (nSPS) is 11.6. The lowest BCUT2D eigenvalue weighted by Gasteiger charge is -2.23. The number of rotatable bonds is 7. The molecule has 3 aromatic carbocycles. The predicted octanol–water partition coefficient (Wildman–Crippen LogP) is 6.93. The number of carbonyl (C=O) groups is 1. The number of carbonyl (C=O) groups excluding carboxylic acids is 1. The zero-order valence-corrected chi connectivity index (χ0v) is 19.0. The summed E-state index contributed by atoms with van der Waals surface area (Å²) in [6.45, 7) is 3.57. The molecule has 0 spiro atoms. The van der Waals surface area contributed by atoms with Crippen LogP contribution in [0.4, 0.5) is 24.5 Å². The second kappa shape index (κ2) is 10.9. The Morgan fingerprint density at radius 2 is 1.76 bits per heavy atom. The van der Waals surface area contributed by atoms with Gasteiger partial charge in [-0.15, -0.1) is 0 Å². The molecule has 1 amide bonds. The summed E-state index contributed by atoms with van der Waals surface area (Å²) in [5.41, 5.74) is 1.30. The summed E-state index contributed by atoms with van der Waals surface area (Å²) in [6.07, 6.45) is -3.22. The Morgan fingerprint density at radius 3 is 2.35 bits per heavy atom. The summed E-state index contributed by atoms with van der Waals surface area (Å²) in [5, 5.41) is 11.7. The molecule has 0 aliphatic carbocycles. The van der Waals surface area contributed by atoms with E-state index in [-0.39, 0.29) is 16.3 Å². The molecule has 8 heteroatoms. The minimum Gasteiger partial charge on any atom is -0.367 e. The van der Waals surface area contributed by atoms with Gasteiger partial charge in [0, 0.05) is 18.8 Å². The average molecular weight is 484 g/mol. The third-order valence-corrected chi connectivity index (χ3v) is 5.40. The fraction of sp³-hybridized carbons (Fsp3) is 0.154. The Bertz CT molecular complexity index is 1220. The average Bonchev–Trinajstić information content (AvgIpc) is 2.82. The molecule has 3 aromatic rings. The highest BCUT2D eigenvalue weighted by Gasteiger charge is 2.31. The maximum Gasteiger partial charge on any atom is 0.416 e. The topological polar surface area (TPSA) is 56.1 Å². The molecule has 0 aromatic heterocycles. The van der Waals surface area contributed by atoms with E-state index in [1.54, 1.807) is 18.2 Å². The van der Waals surface area contributed by atoms with E-state index in [2.05, 4.69) is 10.2 Å². The van der Waals surface area contributed by atoms with Crippen molar-refractivity contribution in [1.29, 1.82) is 5.26 Å². The number of nitrogens with one attached hydrogen (secondary N) is 1. The lowest BCUT2D eigenvalue weighted by Crippen LogP contribution is -2.21. The first kappa shape index (κ1) is 24.9. The molecule has 3 rings (SSSR count). The van der Waals surface area contributed by atoms with Crippen LogP contribution in [0.1, 0.15) is 23.6 Å². The monoisotopic (exact) mass is 483 g/mol. The molecule has 0 saturated heterocycles. The maximum atomic E-state index is 13.0. The molecule has 0 aliphatic rings. The van der Waals surface area contributed by atoms with Gasteiger partial charge in [0.05, 0.1) is 16.3 Å². The Morgan fingerprint density at radius 1 is 1.09 bits per heavy atom. The number of halogens is 4. The number of hydrogen-bond acceptors (Lipinski definition) is 3. The van der Waals surface area contributed by atoms with E-state index in [1.807, 2.05) is 49.4 Å². The largest absolute Gasteiger partial charge is 0.416 e. The highest BCUT2D eigenvalue weighted by molar-refractivity contribution is 6.34. The van der Waals surface area contributed by atoms with E-state index < -0.39 is 17.6 Å². The SMILES string of the molecule is CCN(Cc1ccccc1)c1ccc(/C=C(\C#N)C(=O)Nc2cc(C(F)(F)F)ccc2Cl)cc1. The highest BCUT2D eigenvalue weighted by Crippen LogP contribution is 2.34. The van der Waals surface area contributed by atoms with E-state index in [0.29, 0.717) is 5.56 Å². The lowest BCUT2D eigenvalue weighted by atomic mass is 10.1. The van der Waals surface area contributed by atoms with Crippen LogP contribution in [-0.4, -0.2) is 12.5 Å². The summed E-state index contributed by atoms with van der Waals surface area (Å²) in [4.78, 5) is 14.7. The summed E-state index contributed by atoms with van der Waals surface area (Å²) < 4.78 is 38.9. The molecule has 0 atom stereocenters. The van der Waals surface area contributed by atoms with Crippen molar-refractivity contribution in [3.63, 3.8) is 0 Å². The molecule has 174 valence electrons. The van der Waals surface area contributed by atoms with Gasteiger partial charge in [0.15, 0.2) is 0 Å². The molecule has 0 radical (unpaired) electrons. The van der Waals surface area contributed by atoms with Crippen molar-refractivity contribution in [2.24, 2.45) is 0 Å². The van der Waals surface area contributed by atoms with Gasteiger partial charge in [-0.05, 0) is 54.5 Å². The molecule has 0 saturated carbocycles. The van der Waals surface area contributed by atoms with Crippen molar-refractivity contribution in [2.75, 3.05) is 16.8 Å². The summed E-state index contributed by atoms with van der Waals surface area (Å²) in [6, 6.07) is 21.7. The molecular weight excluding hydrogens is 463 g/mol. The Hall–Kier alpha value is -3.76. The first-order valence-electron chi connectivity index (χ1n) is 10.4. The van der Waals surface area contributed by atoms with Crippen LogP contribution >= 0.6 is 11.6 Å². The van der Waals surface area contributed by atoms with Gasteiger partial charge in [0.25, 0.3) is 5.91 Å². The van der Waals surface area contributed by atoms with Crippen LogP contribution in [-0.2, 0) is 17.5 Å². The van der Waals surface area contributed by atoms with Gasteiger partial charge in [-0.2, -0.15) is 18.4 Å². The van der Waals surface area contributed by atoms with Gasteiger partial charge in [-0.25, -0.2) is 0 Å². The summed E-state index contributed by atoms with van der Waals surface area (Å²) >= 11 is 5.93. The van der Waals surface area contributed by atoms with E-state index in [4.69, 9.17) is 11.6 Å². The predicted molar refractivity (Wildman–Crippen MR) is 128 cm³/mol. The van der Waals surface area contributed by atoms with Crippen LogP contribution in [0.2, 0.25) is 5.02 Å². The van der Waals surface area contributed by atoms with Crippen LogP contribution in [0.3, 0.4) is 0 Å². The van der Waals surface area contributed by atoms with Crippen LogP contribution in [0, 0.1) is 11.3 Å². The molecule has 34 heavy (non-hydrogen) atoms. The summed E-state index contributed by atoms with van der Waals surface area (Å²) in [7, 11) is 0. The quantitative estimate of drug-likeness (QED) is 0.293. The van der Waals surface area contributed by atoms with Crippen LogP contribution < -0.4 is 10.2 Å². The molecule has 0 aliphatic heterocycles. The van der Waals surface area contributed by atoms with Gasteiger partial charge >= 0.3 is 6.18 Å². The molecule has 0 bridgehead atoms. The number of alkyl halides is 3. The molecule has 0 fully saturated rings. The zero-order chi connectivity index (χ0) is 24.7. The van der Waals surface area contributed by atoms with E-state index in [9.17, 15) is 23.2 Å². The third kappa shape index (κ3) is 6.40. The van der Waals surface area contributed by atoms with Gasteiger partial charge in [0.1, 0.15) is 11.6 Å². The smallest absolute Gasteiger partial charge is 0.367 e. The third-order valence-electron chi connectivity index (χ3n) is 5.07. The highest BCUT2D eigenvalue weighted by atomic mass is 35.5. The number of nitrogens with zero attached hydrogens (tertiary/aromatic N) is 2. The van der Waals surface area contributed by atoms with Crippen LogP contribution in [0.15, 0.2) is 78.4 Å². The van der Waals surface area contributed by atoms with Crippen molar-refractivity contribution in [3.05, 3.63) is 100 Å². The van der Waals surface area contributed by atoms with Gasteiger partial charge in [-0.1, -0.05) is 54.1 Å². The number of nitriles is 1. The van der Waals surface area contributed by atoms with Crippen molar-refractivity contribution in [1.82, 2.24) is 0 Å². The Kier molecular flexibility index (Phi) is 7.98. The molecule has 1 N–H and O–H groups in total.